The first-order valence-electron chi connectivity index (χ1n) is 14.8. The van der Waals surface area contributed by atoms with Gasteiger partial charge in [-0.1, -0.05) is 74.4 Å². The van der Waals surface area contributed by atoms with E-state index in [2.05, 4.69) is 121 Å². The van der Waals surface area contributed by atoms with Crippen molar-refractivity contribution in [1.29, 1.82) is 0 Å². The van der Waals surface area contributed by atoms with Crippen molar-refractivity contribution in [3.8, 4) is 23.1 Å². The van der Waals surface area contributed by atoms with Crippen LogP contribution in [-0.2, 0) is 16.2 Å². The summed E-state index contributed by atoms with van der Waals surface area (Å²) in [5.41, 5.74) is 7.37. The van der Waals surface area contributed by atoms with E-state index < -0.39 is 0 Å². The molecule has 0 N–H and O–H groups in total. The second-order valence-corrected chi connectivity index (χ2v) is 14.5. The Kier molecular flexibility index (Phi) is 7.51. The highest BCUT2D eigenvalue weighted by molar-refractivity contribution is 5.83. The number of aromatic nitrogens is 1. The Hall–Kier alpha value is -3.99. The normalized spacial score (nSPS) is 13.8. The number of hydrogen-bond donors (Lipinski definition) is 0. The van der Waals surface area contributed by atoms with Crippen LogP contribution in [0.25, 0.3) is 0 Å². The summed E-state index contributed by atoms with van der Waals surface area (Å²) in [6, 6.07) is 25.2. The van der Waals surface area contributed by atoms with Crippen molar-refractivity contribution in [3.05, 3.63) is 95.7 Å². The van der Waals surface area contributed by atoms with Crippen LogP contribution in [0.1, 0.15) is 79.0 Å². The van der Waals surface area contributed by atoms with Gasteiger partial charge in [0.15, 0.2) is 0 Å². The Labute approximate surface area is 252 Å². The Bertz CT molecular complexity index is 1590. The average molecular weight is 564 g/mol. The van der Waals surface area contributed by atoms with Gasteiger partial charge in [-0.25, -0.2) is 4.98 Å². The molecule has 220 valence electrons. The third kappa shape index (κ3) is 6.41. The predicted molar refractivity (Wildman–Crippen MR) is 175 cm³/mol. The number of nitrogens with zero attached hydrogens (tertiary/aromatic N) is 3. The van der Waals surface area contributed by atoms with Crippen LogP contribution in [0.3, 0.4) is 0 Å². The minimum atomic E-state index is -0.0482. The molecule has 0 saturated carbocycles. The number of benzene rings is 3. The maximum absolute atomic E-state index is 6.51. The Morgan fingerprint density at radius 3 is 1.90 bits per heavy atom. The fourth-order valence-electron chi connectivity index (χ4n) is 5.13. The molecular weight excluding hydrogens is 518 g/mol. The molecule has 3 aromatic carbocycles. The Balaban J connectivity index is 1.45. The summed E-state index contributed by atoms with van der Waals surface area (Å²) in [4.78, 5) is 9.12. The topological polar surface area (TPSA) is 37.8 Å². The molecule has 0 radical (unpaired) electrons. The average Bonchev–Trinajstić information content (AvgIpc) is 3.23. The van der Waals surface area contributed by atoms with Gasteiger partial charge in [0.05, 0.1) is 18.0 Å². The molecule has 1 aliphatic rings. The smallest absolute Gasteiger partial charge is 0.219 e. The lowest BCUT2D eigenvalue weighted by Crippen LogP contribution is -2.24. The molecule has 4 aromatic rings. The zero-order valence-electron chi connectivity index (χ0n) is 26.9. The molecule has 0 saturated heterocycles. The van der Waals surface area contributed by atoms with Gasteiger partial charge in [-0.15, -0.1) is 0 Å². The van der Waals surface area contributed by atoms with Gasteiger partial charge in [0.25, 0.3) is 0 Å². The van der Waals surface area contributed by atoms with Crippen LogP contribution >= 0.6 is 0 Å². The monoisotopic (exact) mass is 563 g/mol. The molecule has 0 aliphatic carbocycles. The lowest BCUT2D eigenvalue weighted by Gasteiger charge is -2.26. The number of rotatable bonds is 5. The van der Waals surface area contributed by atoms with Crippen LogP contribution in [0.15, 0.2) is 79.0 Å². The molecule has 0 atom stereocenters. The van der Waals surface area contributed by atoms with Crippen molar-refractivity contribution >= 4 is 17.1 Å². The largest absolute Gasteiger partial charge is 0.457 e. The number of ether oxygens (including phenoxy) is 2. The molecule has 5 nitrogen and oxygen atoms in total. The maximum atomic E-state index is 6.51. The quantitative estimate of drug-likeness (QED) is 0.241. The van der Waals surface area contributed by atoms with E-state index in [1.54, 1.807) is 6.20 Å². The summed E-state index contributed by atoms with van der Waals surface area (Å²) in [5, 5.41) is 0. The predicted octanol–water partition coefficient (Wildman–Crippen LogP) is 10.1. The number of pyridine rings is 1. The molecule has 1 aliphatic heterocycles. The Morgan fingerprint density at radius 1 is 0.595 bits per heavy atom. The molecule has 0 spiro atoms. The minimum absolute atomic E-state index is 0.0152. The summed E-state index contributed by atoms with van der Waals surface area (Å²) in [6.45, 7) is 20.8. The van der Waals surface area contributed by atoms with E-state index in [9.17, 15) is 0 Å². The van der Waals surface area contributed by atoms with Crippen LogP contribution in [0.2, 0.25) is 0 Å². The standard InChI is InChI=1S/C37H45N3O2/c1-35(2,3)25-14-15-32-33(20-25)39(10)24-40(32)28-18-27(37(7,8)9)19-31(22-28)41-29-12-11-13-30(23-29)42-34-21-26(16-17-38-34)36(4,5)6/h11-23H,24H2,1-10H3. The molecule has 0 fully saturated rings. The van der Waals surface area contributed by atoms with Gasteiger partial charge in [-0.2, -0.15) is 0 Å². The van der Waals surface area contributed by atoms with E-state index in [0.717, 1.165) is 18.1 Å². The van der Waals surface area contributed by atoms with Crippen LogP contribution in [0.4, 0.5) is 17.1 Å². The van der Waals surface area contributed by atoms with E-state index in [0.29, 0.717) is 17.4 Å². The maximum Gasteiger partial charge on any atom is 0.219 e. The van der Waals surface area contributed by atoms with E-state index in [1.807, 2.05) is 36.4 Å². The molecule has 1 aromatic heterocycles. The van der Waals surface area contributed by atoms with E-state index in [-0.39, 0.29) is 16.2 Å². The fourth-order valence-corrected chi connectivity index (χ4v) is 5.13. The molecule has 42 heavy (non-hydrogen) atoms. The van der Waals surface area contributed by atoms with Crippen molar-refractivity contribution in [1.82, 2.24) is 4.98 Å². The van der Waals surface area contributed by atoms with Gasteiger partial charge >= 0.3 is 0 Å². The molecule has 5 heteroatoms. The second kappa shape index (κ2) is 10.7. The van der Waals surface area contributed by atoms with Crippen LogP contribution < -0.4 is 19.3 Å². The highest BCUT2D eigenvalue weighted by atomic mass is 16.5. The van der Waals surface area contributed by atoms with E-state index in [1.165, 1.54) is 28.1 Å². The molecule has 2 heterocycles. The van der Waals surface area contributed by atoms with Crippen molar-refractivity contribution < 1.29 is 9.47 Å². The van der Waals surface area contributed by atoms with Crippen molar-refractivity contribution in [2.75, 3.05) is 23.5 Å². The van der Waals surface area contributed by atoms with Gasteiger partial charge < -0.3 is 19.3 Å². The zero-order valence-corrected chi connectivity index (χ0v) is 26.9. The lowest BCUT2D eigenvalue weighted by molar-refractivity contribution is 0.445. The fraction of sp³-hybridized carbons (Fsp3) is 0.378. The van der Waals surface area contributed by atoms with E-state index in [4.69, 9.17) is 9.47 Å². The number of fused-ring (bicyclic) bond motifs is 1. The molecule has 5 rings (SSSR count). The van der Waals surface area contributed by atoms with E-state index >= 15 is 0 Å². The SMILES string of the molecule is CN1CN(c2cc(Oc3cccc(Oc4cc(C(C)(C)C)ccn4)c3)cc(C(C)(C)C)c2)c2ccc(C(C)(C)C)cc21. The molecule has 0 amide bonds. The molecule has 0 bridgehead atoms. The lowest BCUT2D eigenvalue weighted by atomic mass is 9.86. The second-order valence-electron chi connectivity index (χ2n) is 14.5. The number of hydrogen-bond acceptors (Lipinski definition) is 5. The minimum Gasteiger partial charge on any atom is -0.457 e. The van der Waals surface area contributed by atoms with Crippen LogP contribution in [0, 0.1) is 0 Å². The summed E-state index contributed by atoms with van der Waals surface area (Å²) < 4.78 is 12.7. The highest BCUT2D eigenvalue weighted by Crippen LogP contribution is 2.44. The van der Waals surface area contributed by atoms with Gasteiger partial charge in [-0.05, 0) is 75.4 Å². The van der Waals surface area contributed by atoms with Gasteiger partial charge in [0.2, 0.25) is 5.88 Å². The van der Waals surface area contributed by atoms with Crippen molar-refractivity contribution in [3.63, 3.8) is 0 Å². The first-order chi connectivity index (χ1) is 19.6. The summed E-state index contributed by atoms with van der Waals surface area (Å²) in [7, 11) is 2.16. The van der Waals surface area contributed by atoms with Crippen LogP contribution in [0.5, 0.6) is 23.1 Å². The first kappa shape index (κ1) is 29.5. The third-order valence-electron chi connectivity index (χ3n) is 7.83. The van der Waals surface area contributed by atoms with Gasteiger partial charge in [-0.3, -0.25) is 0 Å². The highest BCUT2D eigenvalue weighted by Gasteiger charge is 2.28. The summed E-state index contributed by atoms with van der Waals surface area (Å²) >= 11 is 0. The zero-order chi connectivity index (χ0) is 30.4. The van der Waals surface area contributed by atoms with Crippen molar-refractivity contribution in [2.24, 2.45) is 0 Å². The van der Waals surface area contributed by atoms with Crippen LogP contribution in [-0.4, -0.2) is 18.7 Å². The van der Waals surface area contributed by atoms with Crippen molar-refractivity contribution in [2.45, 2.75) is 78.6 Å². The Morgan fingerprint density at radius 2 is 1.24 bits per heavy atom. The summed E-state index contributed by atoms with van der Waals surface area (Å²) in [6.07, 6.45) is 1.80. The first-order valence-corrected chi connectivity index (χ1v) is 14.8. The van der Waals surface area contributed by atoms with Gasteiger partial charge in [0.1, 0.15) is 17.2 Å². The molecule has 0 unspecified atom stereocenters. The number of anilines is 3. The molecular formula is C37H45N3O2. The third-order valence-corrected chi connectivity index (χ3v) is 7.83. The van der Waals surface area contributed by atoms with Gasteiger partial charge in [0, 0.05) is 37.1 Å². The summed E-state index contributed by atoms with van der Waals surface area (Å²) in [5.74, 6) is 2.76.